The van der Waals surface area contributed by atoms with Gasteiger partial charge >= 0.3 is 0 Å². The summed E-state index contributed by atoms with van der Waals surface area (Å²) in [5, 5.41) is 3.09. The minimum Gasteiger partial charge on any atom is -0.497 e. The minimum absolute atomic E-state index is 0.0233. The maximum atomic E-state index is 13.0. The van der Waals surface area contributed by atoms with Gasteiger partial charge in [-0.1, -0.05) is 26.0 Å². The molecule has 0 aliphatic carbocycles. The number of ether oxygens (including phenoxy) is 1. The van der Waals surface area contributed by atoms with Crippen LogP contribution in [0.25, 0.3) is 11.0 Å². The molecule has 0 unspecified atom stereocenters. The van der Waals surface area contributed by atoms with Crippen molar-refractivity contribution in [1.82, 2.24) is 19.8 Å². The lowest BCUT2D eigenvalue weighted by atomic mass is 10.0. The van der Waals surface area contributed by atoms with Crippen molar-refractivity contribution in [2.45, 2.75) is 40.3 Å². The van der Waals surface area contributed by atoms with Crippen LogP contribution < -0.4 is 15.6 Å². The summed E-state index contributed by atoms with van der Waals surface area (Å²) in [7, 11) is 1.65. The molecule has 3 aromatic rings. The first-order chi connectivity index (χ1) is 15.4. The van der Waals surface area contributed by atoms with E-state index < -0.39 is 0 Å². The quantitative estimate of drug-likeness (QED) is 0.555. The number of methoxy groups -OCH3 is 1. The van der Waals surface area contributed by atoms with E-state index in [9.17, 15) is 9.59 Å². The number of likely N-dealkylation sites (N-methyl/N-ethyl adjacent to an activating group) is 1. The molecule has 2 aromatic carbocycles. The Hall–Kier alpha value is -3.19. The fraction of sp³-hybridized carbons (Fsp3) is 0.400. The molecule has 170 valence electrons. The third-order valence-corrected chi connectivity index (χ3v) is 5.88. The fourth-order valence-electron chi connectivity index (χ4n) is 4.09. The third kappa shape index (κ3) is 4.83. The predicted octanol–water partition coefficient (Wildman–Crippen LogP) is 3.55. The standard InChI is InChI=1S/C25H32N4O3/c1-6-28(7-2)23(18-10-9-11-20(14-18)32-5)16-26-24(30)19-12-13-22-21(15-19)27-17(4)25(31)29(22)8-3/h9-15,23H,6-8,16H2,1-5H3,(H,26,30)/t23-/m0/s1. The van der Waals surface area contributed by atoms with Crippen LogP contribution in [0.15, 0.2) is 47.3 Å². The summed E-state index contributed by atoms with van der Waals surface area (Å²) in [5.41, 5.74) is 3.32. The number of hydrogen-bond donors (Lipinski definition) is 1. The number of amides is 1. The van der Waals surface area contributed by atoms with Gasteiger partial charge in [0.1, 0.15) is 11.4 Å². The summed E-state index contributed by atoms with van der Waals surface area (Å²) < 4.78 is 7.07. The lowest BCUT2D eigenvalue weighted by Crippen LogP contribution is -2.38. The molecular weight excluding hydrogens is 404 g/mol. The third-order valence-electron chi connectivity index (χ3n) is 5.88. The van der Waals surface area contributed by atoms with Gasteiger partial charge in [0.15, 0.2) is 0 Å². The van der Waals surface area contributed by atoms with Crippen molar-refractivity contribution in [3.8, 4) is 5.75 Å². The van der Waals surface area contributed by atoms with E-state index in [2.05, 4.69) is 35.1 Å². The smallest absolute Gasteiger partial charge is 0.272 e. The Morgan fingerprint density at radius 2 is 1.91 bits per heavy atom. The Morgan fingerprint density at radius 1 is 1.16 bits per heavy atom. The zero-order valence-corrected chi connectivity index (χ0v) is 19.5. The molecule has 1 heterocycles. The summed E-state index contributed by atoms with van der Waals surface area (Å²) in [6.45, 7) is 10.6. The van der Waals surface area contributed by atoms with Gasteiger partial charge in [-0.2, -0.15) is 0 Å². The summed E-state index contributed by atoms with van der Waals surface area (Å²) >= 11 is 0. The number of carbonyl (C=O) groups is 1. The molecule has 7 heteroatoms. The first kappa shape index (κ1) is 23.5. The van der Waals surface area contributed by atoms with Gasteiger partial charge in [-0.3, -0.25) is 14.5 Å². The average molecular weight is 437 g/mol. The normalized spacial score (nSPS) is 12.2. The number of aryl methyl sites for hydroxylation is 2. The highest BCUT2D eigenvalue weighted by Gasteiger charge is 2.20. The number of aromatic nitrogens is 2. The van der Waals surface area contributed by atoms with Crippen molar-refractivity contribution < 1.29 is 9.53 Å². The maximum absolute atomic E-state index is 13.0. The van der Waals surface area contributed by atoms with Crippen LogP contribution in [-0.2, 0) is 6.54 Å². The molecule has 1 N–H and O–H groups in total. The first-order valence-electron chi connectivity index (χ1n) is 11.1. The number of fused-ring (bicyclic) bond motifs is 1. The molecule has 0 radical (unpaired) electrons. The number of rotatable bonds is 9. The highest BCUT2D eigenvalue weighted by molar-refractivity contribution is 5.97. The Bertz CT molecular complexity index is 1150. The number of nitrogens with one attached hydrogen (secondary N) is 1. The molecule has 0 aliphatic heterocycles. The van der Waals surface area contributed by atoms with Gasteiger partial charge in [0.05, 0.1) is 24.2 Å². The van der Waals surface area contributed by atoms with Crippen LogP contribution in [0.4, 0.5) is 0 Å². The molecule has 0 bridgehead atoms. The lowest BCUT2D eigenvalue weighted by Gasteiger charge is -2.30. The number of benzene rings is 2. The molecule has 0 fully saturated rings. The van der Waals surface area contributed by atoms with Gasteiger partial charge in [-0.25, -0.2) is 4.98 Å². The van der Waals surface area contributed by atoms with Crippen molar-refractivity contribution in [3.63, 3.8) is 0 Å². The topological polar surface area (TPSA) is 76.5 Å². The van der Waals surface area contributed by atoms with Crippen molar-refractivity contribution >= 4 is 16.9 Å². The molecule has 32 heavy (non-hydrogen) atoms. The van der Waals surface area contributed by atoms with E-state index in [0.717, 1.165) is 29.9 Å². The zero-order chi connectivity index (χ0) is 23.3. The summed E-state index contributed by atoms with van der Waals surface area (Å²) in [5.74, 6) is 0.629. The molecule has 1 aromatic heterocycles. The van der Waals surface area contributed by atoms with Gasteiger partial charge in [-0.15, -0.1) is 0 Å². The van der Waals surface area contributed by atoms with Crippen LogP contribution in [0, 0.1) is 6.92 Å². The van der Waals surface area contributed by atoms with E-state index >= 15 is 0 Å². The van der Waals surface area contributed by atoms with Crippen LogP contribution in [0.1, 0.15) is 48.4 Å². The van der Waals surface area contributed by atoms with Crippen LogP contribution in [-0.4, -0.2) is 47.1 Å². The van der Waals surface area contributed by atoms with Gasteiger partial charge in [0, 0.05) is 18.7 Å². The van der Waals surface area contributed by atoms with E-state index in [-0.39, 0.29) is 17.5 Å². The van der Waals surface area contributed by atoms with Crippen LogP contribution in [0.5, 0.6) is 5.75 Å². The molecule has 0 saturated carbocycles. The van der Waals surface area contributed by atoms with Gasteiger partial charge < -0.3 is 14.6 Å². The second kappa shape index (κ2) is 10.4. The highest BCUT2D eigenvalue weighted by Crippen LogP contribution is 2.24. The first-order valence-corrected chi connectivity index (χ1v) is 11.1. The lowest BCUT2D eigenvalue weighted by molar-refractivity contribution is 0.0935. The van der Waals surface area contributed by atoms with Crippen LogP contribution in [0.3, 0.4) is 0 Å². The van der Waals surface area contributed by atoms with E-state index in [1.165, 1.54) is 0 Å². The second-order valence-electron chi connectivity index (χ2n) is 7.67. The number of hydrogen-bond acceptors (Lipinski definition) is 5. The fourth-order valence-corrected chi connectivity index (χ4v) is 4.09. The molecule has 3 rings (SSSR count). The Balaban J connectivity index is 1.86. The van der Waals surface area contributed by atoms with Crippen molar-refractivity contribution in [2.75, 3.05) is 26.7 Å². The van der Waals surface area contributed by atoms with E-state index in [0.29, 0.717) is 29.9 Å². The number of carbonyl (C=O) groups excluding carboxylic acids is 1. The summed E-state index contributed by atoms with van der Waals surface area (Å²) in [6, 6.07) is 13.3. The Kier molecular flexibility index (Phi) is 7.64. The predicted molar refractivity (Wildman–Crippen MR) is 127 cm³/mol. The van der Waals surface area contributed by atoms with Gasteiger partial charge in [-0.05, 0) is 62.8 Å². The molecule has 7 nitrogen and oxygen atoms in total. The number of nitrogens with zero attached hydrogens (tertiary/aromatic N) is 3. The molecule has 0 aliphatic rings. The monoisotopic (exact) mass is 436 g/mol. The molecule has 0 saturated heterocycles. The SMILES string of the molecule is CCN(CC)[C@@H](CNC(=O)c1ccc2c(c1)nc(C)c(=O)n2CC)c1cccc(OC)c1. The van der Waals surface area contributed by atoms with Crippen LogP contribution >= 0.6 is 0 Å². The van der Waals surface area contributed by atoms with Crippen molar-refractivity contribution in [3.05, 3.63) is 69.6 Å². The molecule has 1 amide bonds. The van der Waals surface area contributed by atoms with E-state index in [4.69, 9.17) is 4.74 Å². The maximum Gasteiger partial charge on any atom is 0.272 e. The largest absolute Gasteiger partial charge is 0.497 e. The molecule has 1 atom stereocenters. The summed E-state index contributed by atoms with van der Waals surface area (Å²) in [6.07, 6.45) is 0. The van der Waals surface area contributed by atoms with Crippen molar-refractivity contribution in [2.24, 2.45) is 0 Å². The minimum atomic E-state index is -0.166. The summed E-state index contributed by atoms with van der Waals surface area (Å²) in [4.78, 5) is 32.0. The highest BCUT2D eigenvalue weighted by atomic mass is 16.5. The Labute approximate surface area is 189 Å². The van der Waals surface area contributed by atoms with Crippen molar-refractivity contribution in [1.29, 1.82) is 0 Å². The Morgan fingerprint density at radius 3 is 2.56 bits per heavy atom. The van der Waals surface area contributed by atoms with Crippen LogP contribution in [0.2, 0.25) is 0 Å². The molecule has 0 spiro atoms. The second-order valence-corrected chi connectivity index (χ2v) is 7.67. The molecular formula is C25H32N4O3. The van der Waals surface area contributed by atoms with Gasteiger partial charge in [0.25, 0.3) is 11.5 Å². The van der Waals surface area contributed by atoms with E-state index in [1.807, 2.05) is 25.1 Å². The van der Waals surface area contributed by atoms with E-state index in [1.54, 1.807) is 36.8 Å². The zero-order valence-electron chi connectivity index (χ0n) is 19.5. The van der Waals surface area contributed by atoms with Gasteiger partial charge in [0.2, 0.25) is 0 Å². The average Bonchev–Trinajstić information content (AvgIpc) is 2.82.